The summed E-state index contributed by atoms with van der Waals surface area (Å²) in [4.78, 5) is 12.4. The van der Waals surface area contributed by atoms with Crippen molar-refractivity contribution in [2.75, 3.05) is 40.9 Å². The van der Waals surface area contributed by atoms with E-state index in [4.69, 9.17) is 4.74 Å². The van der Waals surface area contributed by atoms with Crippen molar-refractivity contribution in [1.29, 1.82) is 0 Å². The molecule has 2 rings (SSSR count). The number of likely N-dealkylation sites (N-methyl/N-ethyl adjacent to an activating group) is 1. The van der Waals surface area contributed by atoms with Gasteiger partial charge in [-0.1, -0.05) is 0 Å². The van der Waals surface area contributed by atoms with E-state index in [1.165, 1.54) is 4.88 Å². The van der Waals surface area contributed by atoms with E-state index in [2.05, 4.69) is 46.5 Å². The third-order valence-electron chi connectivity index (χ3n) is 4.60. The maximum atomic E-state index is 5.52. The summed E-state index contributed by atoms with van der Waals surface area (Å²) in [6, 6.07) is 0. The molecule has 0 unspecified atom stereocenters. The highest BCUT2D eigenvalue weighted by Gasteiger charge is 2.34. The number of hydrogen-bond acceptors (Lipinski definition) is 5. The van der Waals surface area contributed by atoms with E-state index < -0.39 is 0 Å². The molecule has 2 N–H and O–H groups in total. The van der Waals surface area contributed by atoms with E-state index in [1.54, 1.807) is 11.3 Å². The highest BCUT2D eigenvalue weighted by Crippen LogP contribution is 2.25. The van der Waals surface area contributed by atoms with Gasteiger partial charge in [-0.3, -0.25) is 4.99 Å². The van der Waals surface area contributed by atoms with Gasteiger partial charge < -0.3 is 20.3 Å². The van der Waals surface area contributed by atoms with Gasteiger partial charge in [0.05, 0.1) is 17.2 Å². The summed E-state index contributed by atoms with van der Waals surface area (Å²) in [5.41, 5.74) is 1.23. The van der Waals surface area contributed by atoms with Gasteiger partial charge in [0.25, 0.3) is 0 Å². The van der Waals surface area contributed by atoms with Crippen molar-refractivity contribution >= 4 is 17.3 Å². The lowest BCUT2D eigenvalue weighted by atomic mass is 9.88. The molecule has 7 heteroatoms. The summed E-state index contributed by atoms with van der Waals surface area (Å²) < 4.78 is 5.52. The molecule has 0 atom stereocenters. The monoisotopic (exact) mass is 339 g/mol. The molecular weight excluding hydrogens is 310 g/mol. The molecule has 1 aromatic heterocycles. The second kappa shape index (κ2) is 8.08. The van der Waals surface area contributed by atoms with Gasteiger partial charge in [-0.05, 0) is 40.8 Å². The summed E-state index contributed by atoms with van der Waals surface area (Å²) in [5.74, 6) is 0.836. The topological polar surface area (TPSA) is 61.8 Å². The molecule has 1 saturated heterocycles. The van der Waals surface area contributed by atoms with E-state index in [-0.39, 0.29) is 5.54 Å². The first kappa shape index (κ1) is 18.2. The third-order valence-corrected chi connectivity index (χ3v) is 5.67. The Balaban J connectivity index is 1.90. The van der Waals surface area contributed by atoms with Crippen molar-refractivity contribution in [2.45, 2.75) is 38.8 Å². The molecule has 23 heavy (non-hydrogen) atoms. The molecule has 1 fully saturated rings. The van der Waals surface area contributed by atoms with Crippen LogP contribution in [-0.2, 0) is 11.3 Å². The van der Waals surface area contributed by atoms with Crippen LogP contribution in [0.1, 0.15) is 28.4 Å². The Kier molecular flexibility index (Phi) is 6.38. The number of guanidine groups is 1. The standard InChI is InChI=1S/C16H29N5OS/c1-12-14(23-13(2)20-12)10-18-15(17-3)19-11-16(21(4)5)6-8-22-9-7-16/h6-11H2,1-5H3,(H2,17,18,19). The molecule has 1 aliphatic rings. The highest BCUT2D eigenvalue weighted by molar-refractivity contribution is 7.11. The van der Waals surface area contributed by atoms with E-state index in [0.29, 0.717) is 0 Å². The van der Waals surface area contributed by atoms with Crippen molar-refractivity contribution in [3.05, 3.63) is 15.6 Å². The minimum absolute atomic E-state index is 0.132. The highest BCUT2D eigenvalue weighted by atomic mass is 32.1. The van der Waals surface area contributed by atoms with Gasteiger partial charge in [-0.15, -0.1) is 11.3 Å². The molecule has 0 saturated carbocycles. The van der Waals surface area contributed by atoms with Crippen LogP contribution in [0.25, 0.3) is 0 Å². The lowest BCUT2D eigenvalue weighted by molar-refractivity contribution is -0.00501. The normalized spacial score (nSPS) is 18.3. The number of nitrogens with one attached hydrogen (secondary N) is 2. The zero-order chi connectivity index (χ0) is 16.9. The average Bonchev–Trinajstić information content (AvgIpc) is 2.86. The van der Waals surface area contributed by atoms with Gasteiger partial charge in [0.15, 0.2) is 5.96 Å². The van der Waals surface area contributed by atoms with Crippen molar-refractivity contribution < 1.29 is 4.74 Å². The number of rotatable bonds is 5. The van der Waals surface area contributed by atoms with Crippen LogP contribution in [0.4, 0.5) is 0 Å². The zero-order valence-corrected chi connectivity index (χ0v) is 15.7. The minimum Gasteiger partial charge on any atom is -0.381 e. The van der Waals surface area contributed by atoms with Crippen molar-refractivity contribution in [3.63, 3.8) is 0 Å². The summed E-state index contributed by atoms with van der Waals surface area (Å²) in [7, 11) is 6.10. The minimum atomic E-state index is 0.132. The molecular formula is C16H29N5OS. The second-order valence-electron chi connectivity index (χ2n) is 6.25. The first-order valence-corrected chi connectivity index (χ1v) is 8.91. The number of aryl methyl sites for hydroxylation is 2. The number of nitrogens with zero attached hydrogens (tertiary/aromatic N) is 3. The van der Waals surface area contributed by atoms with Crippen LogP contribution in [-0.4, -0.2) is 62.3 Å². The van der Waals surface area contributed by atoms with Gasteiger partial charge in [0.2, 0.25) is 0 Å². The number of aliphatic imine (C=N–C) groups is 1. The van der Waals surface area contributed by atoms with Crippen LogP contribution in [0.15, 0.2) is 4.99 Å². The van der Waals surface area contributed by atoms with Crippen LogP contribution in [0.2, 0.25) is 0 Å². The quantitative estimate of drug-likeness (QED) is 0.629. The van der Waals surface area contributed by atoms with Crippen LogP contribution >= 0.6 is 11.3 Å². The molecule has 0 aromatic carbocycles. The van der Waals surface area contributed by atoms with Crippen LogP contribution in [0.3, 0.4) is 0 Å². The van der Waals surface area contributed by atoms with Gasteiger partial charge in [-0.25, -0.2) is 4.98 Å². The van der Waals surface area contributed by atoms with Gasteiger partial charge >= 0.3 is 0 Å². The fourth-order valence-corrected chi connectivity index (χ4v) is 3.78. The van der Waals surface area contributed by atoms with Gasteiger partial charge in [-0.2, -0.15) is 0 Å². The molecule has 0 aliphatic carbocycles. The predicted octanol–water partition coefficient (Wildman–Crippen LogP) is 1.54. The maximum absolute atomic E-state index is 5.52. The van der Waals surface area contributed by atoms with Crippen LogP contribution < -0.4 is 10.6 Å². The third kappa shape index (κ3) is 4.65. The Labute approximate surface area is 143 Å². The largest absolute Gasteiger partial charge is 0.381 e. The molecule has 6 nitrogen and oxygen atoms in total. The summed E-state index contributed by atoms with van der Waals surface area (Å²) in [6.45, 7) is 7.37. The zero-order valence-electron chi connectivity index (χ0n) is 14.9. The predicted molar refractivity (Wildman–Crippen MR) is 96.3 cm³/mol. The fourth-order valence-electron chi connectivity index (χ4n) is 2.90. The molecule has 0 radical (unpaired) electrons. The fraction of sp³-hybridized carbons (Fsp3) is 0.750. The Bertz CT molecular complexity index is 535. The molecule has 0 amide bonds. The first-order valence-electron chi connectivity index (χ1n) is 8.09. The van der Waals surface area contributed by atoms with E-state index in [9.17, 15) is 0 Å². The maximum Gasteiger partial charge on any atom is 0.191 e. The Morgan fingerprint density at radius 2 is 2.00 bits per heavy atom. The number of aromatic nitrogens is 1. The smallest absolute Gasteiger partial charge is 0.191 e. The molecule has 130 valence electrons. The molecule has 0 bridgehead atoms. The number of hydrogen-bond donors (Lipinski definition) is 2. The molecule has 1 aromatic rings. The SMILES string of the molecule is CN=C(NCc1sc(C)nc1C)NCC1(N(C)C)CCOCC1. The van der Waals surface area contributed by atoms with Gasteiger partial charge in [0, 0.05) is 37.2 Å². The Morgan fingerprint density at radius 1 is 1.30 bits per heavy atom. The van der Waals surface area contributed by atoms with Gasteiger partial charge in [0.1, 0.15) is 0 Å². The van der Waals surface area contributed by atoms with Crippen molar-refractivity contribution in [1.82, 2.24) is 20.5 Å². The van der Waals surface area contributed by atoms with Crippen molar-refractivity contribution in [2.24, 2.45) is 4.99 Å². The molecule has 2 heterocycles. The molecule has 1 aliphatic heterocycles. The summed E-state index contributed by atoms with van der Waals surface area (Å²) >= 11 is 1.74. The lowest BCUT2D eigenvalue weighted by Gasteiger charge is -2.43. The van der Waals surface area contributed by atoms with E-state index in [1.807, 2.05) is 14.0 Å². The number of ether oxygens (including phenoxy) is 1. The van der Waals surface area contributed by atoms with E-state index >= 15 is 0 Å². The Morgan fingerprint density at radius 3 is 2.52 bits per heavy atom. The van der Waals surface area contributed by atoms with Crippen LogP contribution in [0, 0.1) is 13.8 Å². The molecule has 0 spiro atoms. The average molecular weight is 340 g/mol. The van der Waals surface area contributed by atoms with Crippen molar-refractivity contribution in [3.8, 4) is 0 Å². The first-order chi connectivity index (χ1) is 11.0. The summed E-state index contributed by atoms with van der Waals surface area (Å²) in [6.07, 6.45) is 2.08. The lowest BCUT2D eigenvalue weighted by Crippen LogP contribution is -2.57. The second-order valence-corrected chi connectivity index (χ2v) is 7.54. The Hall–Kier alpha value is -1.18. The van der Waals surface area contributed by atoms with Crippen LogP contribution in [0.5, 0.6) is 0 Å². The van der Waals surface area contributed by atoms with E-state index in [0.717, 1.165) is 55.8 Å². The number of thiazole rings is 1. The summed E-state index contributed by atoms with van der Waals surface area (Å²) in [5, 5.41) is 7.99.